The van der Waals surface area contributed by atoms with Crippen LogP contribution in [0.5, 0.6) is 0 Å². The van der Waals surface area contributed by atoms with Crippen LogP contribution in [-0.4, -0.2) is 47.4 Å². The topological polar surface area (TPSA) is 23.6 Å². The number of likely N-dealkylation sites (N-methyl/N-ethyl adjacent to an activating group) is 1. The third-order valence-corrected chi connectivity index (χ3v) is 3.42. The van der Waals surface area contributed by atoms with Gasteiger partial charge in [-0.1, -0.05) is 13.3 Å². The third kappa shape index (κ3) is 2.94. The molecule has 1 rings (SSSR count). The van der Waals surface area contributed by atoms with Crippen LogP contribution in [0, 0.1) is 0 Å². The highest BCUT2D eigenvalue weighted by atomic mass is 16.2. The van der Waals surface area contributed by atoms with Crippen LogP contribution in [0.4, 0.5) is 0 Å². The molecule has 0 saturated carbocycles. The monoisotopic (exact) mass is 212 g/mol. The Balaban J connectivity index is 2.57. The maximum Gasteiger partial charge on any atom is 0.236 e. The normalized spacial score (nSPS) is 19.7. The number of amides is 1. The van der Waals surface area contributed by atoms with Crippen molar-refractivity contribution in [3.8, 4) is 0 Å². The first kappa shape index (κ1) is 12.5. The Morgan fingerprint density at radius 3 is 2.40 bits per heavy atom. The third-order valence-electron chi connectivity index (χ3n) is 3.42. The lowest BCUT2D eigenvalue weighted by Gasteiger charge is -2.43. The zero-order valence-corrected chi connectivity index (χ0v) is 10.5. The Labute approximate surface area is 93.4 Å². The van der Waals surface area contributed by atoms with Crippen molar-refractivity contribution in [2.24, 2.45) is 0 Å². The molecule has 1 saturated heterocycles. The molecule has 0 unspecified atom stereocenters. The largest absolute Gasteiger partial charge is 0.341 e. The summed E-state index contributed by atoms with van der Waals surface area (Å²) >= 11 is 0. The average molecular weight is 212 g/mol. The first-order chi connectivity index (χ1) is 7.01. The minimum Gasteiger partial charge on any atom is -0.341 e. The lowest BCUT2D eigenvalue weighted by Crippen LogP contribution is -2.57. The molecule has 3 nitrogen and oxygen atoms in total. The lowest BCUT2D eigenvalue weighted by molar-refractivity contribution is -0.138. The molecule has 1 amide bonds. The molecule has 0 aromatic rings. The number of hydrogen-bond acceptors (Lipinski definition) is 2. The molecule has 0 bridgehead atoms. The van der Waals surface area contributed by atoms with Crippen LogP contribution in [0.25, 0.3) is 0 Å². The molecule has 15 heavy (non-hydrogen) atoms. The molecule has 0 atom stereocenters. The van der Waals surface area contributed by atoms with E-state index in [1.165, 1.54) is 6.42 Å². The van der Waals surface area contributed by atoms with Gasteiger partial charge >= 0.3 is 0 Å². The van der Waals surface area contributed by atoms with Crippen LogP contribution in [0.3, 0.4) is 0 Å². The molecule has 1 aliphatic heterocycles. The number of piperazine rings is 1. The minimum atomic E-state index is 0.171. The predicted molar refractivity (Wildman–Crippen MR) is 62.8 cm³/mol. The van der Waals surface area contributed by atoms with Gasteiger partial charge in [0.1, 0.15) is 0 Å². The maximum absolute atomic E-state index is 11.8. The Hall–Kier alpha value is -0.570. The molecule has 1 fully saturated rings. The van der Waals surface area contributed by atoms with Gasteiger partial charge in [-0.25, -0.2) is 0 Å². The minimum absolute atomic E-state index is 0.171. The number of nitrogens with zero attached hydrogens (tertiary/aromatic N) is 2. The Kier molecular flexibility index (Phi) is 4.14. The molecule has 0 aliphatic carbocycles. The van der Waals surface area contributed by atoms with E-state index in [-0.39, 0.29) is 11.4 Å². The Morgan fingerprint density at radius 2 is 1.93 bits per heavy atom. The number of carbonyl (C=O) groups excluding carboxylic acids is 1. The van der Waals surface area contributed by atoms with Crippen LogP contribution >= 0.6 is 0 Å². The summed E-state index contributed by atoms with van der Waals surface area (Å²) in [7, 11) is 0. The highest BCUT2D eigenvalue weighted by Gasteiger charge is 2.32. The molecule has 0 aromatic heterocycles. The lowest BCUT2D eigenvalue weighted by atomic mass is 9.95. The summed E-state index contributed by atoms with van der Waals surface area (Å²) < 4.78 is 0. The molecule has 0 aromatic carbocycles. The molecular formula is C12H24N2O. The second-order valence-corrected chi connectivity index (χ2v) is 4.96. The summed E-state index contributed by atoms with van der Waals surface area (Å²) in [5.41, 5.74) is 0.171. The van der Waals surface area contributed by atoms with Crippen molar-refractivity contribution in [3.63, 3.8) is 0 Å². The fourth-order valence-corrected chi connectivity index (χ4v) is 2.33. The van der Waals surface area contributed by atoms with Gasteiger partial charge in [-0.3, -0.25) is 9.69 Å². The molecule has 88 valence electrons. The van der Waals surface area contributed by atoms with Crippen molar-refractivity contribution in [3.05, 3.63) is 0 Å². The summed E-state index contributed by atoms with van der Waals surface area (Å²) in [4.78, 5) is 16.0. The van der Waals surface area contributed by atoms with Gasteiger partial charge in [0.15, 0.2) is 0 Å². The van der Waals surface area contributed by atoms with E-state index in [1.54, 1.807) is 0 Å². The molecule has 1 heterocycles. The second-order valence-electron chi connectivity index (χ2n) is 4.96. The van der Waals surface area contributed by atoms with Gasteiger partial charge in [0.05, 0.1) is 6.54 Å². The summed E-state index contributed by atoms with van der Waals surface area (Å²) in [6.07, 6.45) is 2.33. The second kappa shape index (κ2) is 4.97. The van der Waals surface area contributed by atoms with Crippen molar-refractivity contribution in [1.82, 2.24) is 9.80 Å². The zero-order valence-electron chi connectivity index (χ0n) is 10.5. The first-order valence-electron chi connectivity index (χ1n) is 6.04. The van der Waals surface area contributed by atoms with Crippen LogP contribution < -0.4 is 0 Å². The van der Waals surface area contributed by atoms with E-state index in [2.05, 4.69) is 25.7 Å². The van der Waals surface area contributed by atoms with Crippen molar-refractivity contribution in [2.45, 2.75) is 46.1 Å². The summed E-state index contributed by atoms with van der Waals surface area (Å²) in [5, 5.41) is 0. The van der Waals surface area contributed by atoms with E-state index in [9.17, 15) is 4.79 Å². The Morgan fingerprint density at radius 1 is 1.27 bits per heavy atom. The summed E-state index contributed by atoms with van der Waals surface area (Å²) in [6, 6.07) is 0. The van der Waals surface area contributed by atoms with E-state index in [4.69, 9.17) is 0 Å². The fourth-order valence-electron chi connectivity index (χ4n) is 2.33. The van der Waals surface area contributed by atoms with Crippen molar-refractivity contribution >= 4 is 5.91 Å². The van der Waals surface area contributed by atoms with Gasteiger partial charge in [-0.15, -0.1) is 0 Å². The number of hydrogen-bond donors (Lipinski definition) is 0. The van der Waals surface area contributed by atoms with Crippen LogP contribution in [0.15, 0.2) is 0 Å². The molecule has 0 N–H and O–H groups in total. The van der Waals surface area contributed by atoms with E-state index >= 15 is 0 Å². The quantitative estimate of drug-likeness (QED) is 0.708. The van der Waals surface area contributed by atoms with Crippen LogP contribution in [0.1, 0.15) is 40.5 Å². The van der Waals surface area contributed by atoms with Crippen molar-refractivity contribution in [2.75, 3.05) is 26.2 Å². The van der Waals surface area contributed by atoms with Gasteiger partial charge in [0.2, 0.25) is 5.91 Å². The average Bonchev–Trinajstić information content (AvgIpc) is 2.17. The molecule has 1 aliphatic rings. The first-order valence-corrected chi connectivity index (χ1v) is 6.04. The van der Waals surface area contributed by atoms with E-state index in [0.717, 1.165) is 26.1 Å². The maximum atomic E-state index is 11.8. The van der Waals surface area contributed by atoms with Crippen LogP contribution in [0.2, 0.25) is 0 Å². The zero-order chi connectivity index (χ0) is 11.5. The summed E-state index contributed by atoms with van der Waals surface area (Å²) in [5.74, 6) is 0.285. The van der Waals surface area contributed by atoms with Gasteiger partial charge in [0, 0.05) is 25.2 Å². The smallest absolute Gasteiger partial charge is 0.236 e. The predicted octanol–water partition coefficient (Wildman–Crippen LogP) is 1.73. The molecule has 0 radical (unpaired) electrons. The van der Waals surface area contributed by atoms with Crippen molar-refractivity contribution < 1.29 is 4.79 Å². The number of rotatable bonds is 4. The van der Waals surface area contributed by atoms with Gasteiger partial charge in [-0.2, -0.15) is 0 Å². The number of carbonyl (C=O) groups is 1. The van der Waals surface area contributed by atoms with Crippen molar-refractivity contribution in [1.29, 1.82) is 0 Å². The summed E-state index contributed by atoms with van der Waals surface area (Å²) in [6.45, 7) is 12.1. The van der Waals surface area contributed by atoms with E-state index in [1.807, 2.05) is 11.8 Å². The molecular weight excluding hydrogens is 188 g/mol. The Bertz CT molecular complexity index is 226. The highest BCUT2D eigenvalue weighted by molar-refractivity contribution is 5.79. The standard InChI is InChI=1S/C12H24N2O/c1-5-7-12(3,4)14-9-8-13(6-2)11(15)10-14/h5-10H2,1-4H3. The highest BCUT2D eigenvalue weighted by Crippen LogP contribution is 2.22. The van der Waals surface area contributed by atoms with Gasteiger partial charge < -0.3 is 4.90 Å². The van der Waals surface area contributed by atoms with E-state index < -0.39 is 0 Å². The molecule has 3 heteroatoms. The van der Waals surface area contributed by atoms with Gasteiger partial charge in [-0.05, 0) is 27.2 Å². The van der Waals surface area contributed by atoms with Gasteiger partial charge in [0.25, 0.3) is 0 Å². The SMILES string of the molecule is CCCC(C)(C)N1CCN(CC)C(=O)C1. The van der Waals surface area contributed by atoms with Crippen LogP contribution in [-0.2, 0) is 4.79 Å². The van der Waals surface area contributed by atoms with E-state index in [0.29, 0.717) is 6.54 Å². The fraction of sp³-hybridized carbons (Fsp3) is 0.917. The molecule has 0 spiro atoms.